The van der Waals surface area contributed by atoms with Gasteiger partial charge in [-0.05, 0) is 44.7 Å². The van der Waals surface area contributed by atoms with E-state index in [2.05, 4.69) is 10.3 Å². The summed E-state index contributed by atoms with van der Waals surface area (Å²) in [5, 5.41) is 2.86. The number of nitrogens with one attached hydrogen (secondary N) is 1. The highest BCUT2D eigenvalue weighted by molar-refractivity contribution is 5.94. The Morgan fingerprint density at radius 3 is 2.90 bits per heavy atom. The third-order valence-electron chi connectivity index (χ3n) is 3.62. The number of pyridine rings is 1. The van der Waals surface area contributed by atoms with Crippen molar-refractivity contribution in [2.24, 2.45) is 5.73 Å². The Hall–Kier alpha value is -1.46. The summed E-state index contributed by atoms with van der Waals surface area (Å²) in [6.45, 7) is 2.95. The third-order valence-corrected chi connectivity index (χ3v) is 3.62. The Labute approximate surface area is 119 Å². The molecule has 3 N–H and O–H groups in total. The molecule has 0 aliphatic heterocycles. The first-order valence-electron chi connectivity index (χ1n) is 7.23. The number of rotatable bonds is 5. The van der Waals surface area contributed by atoms with E-state index in [1.165, 1.54) is 0 Å². The summed E-state index contributed by atoms with van der Waals surface area (Å²) in [6.07, 6.45) is 6.07. The lowest BCUT2D eigenvalue weighted by Crippen LogP contribution is -2.33. The average molecular weight is 277 g/mol. The van der Waals surface area contributed by atoms with Gasteiger partial charge in [-0.2, -0.15) is 0 Å². The molecule has 1 saturated carbocycles. The number of carbonyl (C=O) groups excluding carboxylic acids is 1. The standard InChI is InChI=1S/C15H23N3O2/c1-11-10-12(6-7-17-11)15(19)18-8-9-20-14-4-2-13(16)3-5-14/h6-7,10,13-14H,2-5,8-9,16H2,1H3,(H,18,19). The monoisotopic (exact) mass is 277 g/mol. The Kier molecular flexibility index (Phi) is 5.49. The van der Waals surface area contributed by atoms with Crippen LogP contribution in [0.4, 0.5) is 0 Å². The lowest BCUT2D eigenvalue weighted by atomic mass is 9.94. The van der Waals surface area contributed by atoms with E-state index < -0.39 is 0 Å². The number of amides is 1. The van der Waals surface area contributed by atoms with Crippen LogP contribution in [0.1, 0.15) is 41.7 Å². The van der Waals surface area contributed by atoms with Crippen molar-refractivity contribution in [2.45, 2.75) is 44.8 Å². The second kappa shape index (κ2) is 7.36. The van der Waals surface area contributed by atoms with Crippen LogP contribution in [-0.4, -0.2) is 36.2 Å². The van der Waals surface area contributed by atoms with Crippen LogP contribution >= 0.6 is 0 Å². The highest BCUT2D eigenvalue weighted by Crippen LogP contribution is 2.19. The van der Waals surface area contributed by atoms with Crippen molar-refractivity contribution in [1.82, 2.24) is 10.3 Å². The molecule has 110 valence electrons. The molecule has 0 spiro atoms. The molecule has 1 fully saturated rings. The van der Waals surface area contributed by atoms with Crippen LogP contribution in [-0.2, 0) is 4.74 Å². The van der Waals surface area contributed by atoms with Crippen LogP contribution in [0, 0.1) is 6.92 Å². The zero-order valence-corrected chi connectivity index (χ0v) is 12.0. The SMILES string of the molecule is Cc1cc(C(=O)NCCOC2CCC(N)CC2)ccn1. The van der Waals surface area contributed by atoms with Gasteiger partial charge >= 0.3 is 0 Å². The zero-order valence-electron chi connectivity index (χ0n) is 12.0. The minimum Gasteiger partial charge on any atom is -0.376 e. The molecule has 1 aromatic heterocycles. The average Bonchev–Trinajstić information content (AvgIpc) is 2.45. The normalized spacial score (nSPS) is 22.5. The quantitative estimate of drug-likeness (QED) is 0.798. The molecule has 0 atom stereocenters. The van der Waals surface area contributed by atoms with Crippen molar-refractivity contribution in [3.8, 4) is 0 Å². The summed E-state index contributed by atoms with van der Waals surface area (Å²) in [4.78, 5) is 16.0. The molecule has 5 nitrogen and oxygen atoms in total. The topological polar surface area (TPSA) is 77.2 Å². The lowest BCUT2D eigenvalue weighted by molar-refractivity contribution is 0.0267. The van der Waals surface area contributed by atoms with Crippen LogP contribution < -0.4 is 11.1 Å². The molecule has 0 unspecified atom stereocenters. The van der Waals surface area contributed by atoms with E-state index in [0.29, 0.717) is 30.9 Å². The summed E-state index contributed by atoms with van der Waals surface area (Å²) in [7, 11) is 0. The van der Waals surface area contributed by atoms with Crippen molar-refractivity contribution >= 4 is 5.91 Å². The zero-order chi connectivity index (χ0) is 14.4. The maximum Gasteiger partial charge on any atom is 0.251 e. The number of carbonyl (C=O) groups is 1. The van der Waals surface area contributed by atoms with Crippen LogP contribution in [0.15, 0.2) is 18.3 Å². The molecule has 0 aromatic carbocycles. The summed E-state index contributed by atoms with van der Waals surface area (Å²) in [5.74, 6) is -0.0789. The molecule has 1 amide bonds. The number of nitrogens with zero attached hydrogens (tertiary/aromatic N) is 1. The van der Waals surface area contributed by atoms with Crippen molar-refractivity contribution in [2.75, 3.05) is 13.2 Å². The molecule has 1 aliphatic carbocycles. The van der Waals surface area contributed by atoms with Gasteiger partial charge in [-0.25, -0.2) is 0 Å². The van der Waals surface area contributed by atoms with E-state index in [0.717, 1.165) is 31.4 Å². The van der Waals surface area contributed by atoms with Gasteiger partial charge < -0.3 is 15.8 Å². The Morgan fingerprint density at radius 1 is 1.45 bits per heavy atom. The number of aryl methyl sites for hydroxylation is 1. The number of hydrogen-bond acceptors (Lipinski definition) is 4. The lowest BCUT2D eigenvalue weighted by Gasteiger charge is -2.26. The molecule has 20 heavy (non-hydrogen) atoms. The second-order valence-corrected chi connectivity index (χ2v) is 5.35. The Balaban J connectivity index is 1.64. The van der Waals surface area contributed by atoms with Gasteiger partial charge in [0.05, 0.1) is 12.7 Å². The van der Waals surface area contributed by atoms with Gasteiger partial charge in [0, 0.05) is 30.0 Å². The van der Waals surface area contributed by atoms with E-state index in [1.807, 2.05) is 6.92 Å². The number of hydrogen-bond donors (Lipinski definition) is 2. The molecule has 5 heteroatoms. The largest absolute Gasteiger partial charge is 0.376 e. The third kappa shape index (κ3) is 4.58. The van der Waals surface area contributed by atoms with Gasteiger partial charge in [-0.1, -0.05) is 0 Å². The number of aromatic nitrogens is 1. The second-order valence-electron chi connectivity index (χ2n) is 5.35. The maximum absolute atomic E-state index is 11.9. The smallest absolute Gasteiger partial charge is 0.251 e. The molecular weight excluding hydrogens is 254 g/mol. The minimum atomic E-state index is -0.0789. The molecule has 0 radical (unpaired) electrons. The molecule has 0 saturated heterocycles. The first-order chi connectivity index (χ1) is 9.65. The molecule has 1 heterocycles. The van der Waals surface area contributed by atoms with Gasteiger partial charge in [0.2, 0.25) is 0 Å². The molecule has 1 aliphatic rings. The van der Waals surface area contributed by atoms with Gasteiger partial charge in [-0.15, -0.1) is 0 Å². The Morgan fingerprint density at radius 2 is 2.20 bits per heavy atom. The van der Waals surface area contributed by atoms with Crippen molar-refractivity contribution < 1.29 is 9.53 Å². The van der Waals surface area contributed by atoms with Crippen LogP contribution in [0.5, 0.6) is 0 Å². The first-order valence-corrected chi connectivity index (χ1v) is 7.23. The predicted molar refractivity (Wildman–Crippen MR) is 77.5 cm³/mol. The van der Waals surface area contributed by atoms with Gasteiger partial charge in [0.1, 0.15) is 0 Å². The summed E-state index contributed by atoms with van der Waals surface area (Å²) in [5.41, 5.74) is 7.33. The fourth-order valence-corrected chi connectivity index (χ4v) is 2.43. The highest BCUT2D eigenvalue weighted by Gasteiger charge is 2.18. The molecule has 0 bridgehead atoms. The van der Waals surface area contributed by atoms with Crippen molar-refractivity contribution in [3.63, 3.8) is 0 Å². The summed E-state index contributed by atoms with van der Waals surface area (Å²) < 4.78 is 5.76. The minimum absolute atomic E-state index is 0.0789. The fourth-order valence-electron chi connectivity index (χ4n) is 2.43. The van der Waals surface area contributed by atoms with Crippen molar-refractivity contribution in [1.29, 1.82) is 0 Å². The first kappa shape index (κ1) is 14.9. The fraction of sp³-hybridized carbons (Fsp3) is 0.600. The van der Waals surface area contributed by atoms with Crippen LogP contribution in [0.3, 0.4) is 0 Å². The van der Waals surface area contributed by atoms with Crippen LogP contribution in [0.2, 0.25) is 0 Å². The van der Waals surface area contributed by atoms with E-state index in [-0.39, 0.29) is 5.91 Å². The van der Waals surface area contributed by atoms with Crippen molar-refractivity contribution in [3.05, 3.63) is 29.6 Å². The molecular formula is C15H23N3O2. The van der Waals surface area contributed by atoms with Gasteiger partial charge in [0.15, 0.2) is 0 Å². The summed E-state index contributed by atoms with van der Waals surface area (Å²) in [6, 6.07) is 3.83. The van der Waals surface area contributed by atoms with E-state index >= 15 is 0 Å². The van der Waals surface area contributed by atoms with Crippen LogP contribution in [0.25, 0.3) is 0 Å². The number of ether oxygens (including phenoxy) is 1. The summed E-state index contributed by atoms with van der Waals surface area (Å²) >= 11 is 0. The van der Waals surface area contributed by atoms with Gasteiger partial charge in [-0.3, -0.25) is 9.78 Å². The predicted octanol–water partition coefficient (Wildman–Crippen LogP) is 1.41. The van der Waals surface area contributed by atoms with E-state index in [1.54, 1.807) is 18.3 Å². The molecule has 2 rings (SSSR count). The highest BCUT2D eigenvalue weighted by atomic mass is 16.5. The van der Waals surface area contributed by atoms with E-state index in [9.17, 15) is 4.79 Å². The van der Waals surface area contributed by atoms with E-state index in [4.69, 9.17) is 10.5 Å². The maximum atomic E-state index is 11.9. The molecule has 1 aromatic rings. The number of nitrogens with two attached hydrogens (primary N) is 1. The van der Waals surface area contributed by atoms with Gasteiger partial charge in [0.25, 0.3) is 5.91 Å². The Bertz CT molecular complexity index is 442.